The molecule has 30 heteroatoms. The zero-order valence-electron chi connectivity index (χ0n) is 38.7. The van der Waals surface area contributed by atoms with Gasteiger partial charge in [-0.3, -0.25) is 9.59 Å². The number of carbonyl (C=O) groups is 4. The van der Waals surface area contributed by atoms with E-state index in [1.165, 1.54) is 0 Å². The molecule has 1 fully saturated rings. The van der Waals surface area contributed by atoms with Crippen molar-refractivity contribution in [2.75, 3.05) is 83.0 Å². The SMILES string of the molecule is O=C[C@H](CCC(=O)O)NOc1c[nH]c2cc(Br)c(OCCOc3nc(OCCOc4c(Br)cc5[nH]cc(ON[C@H](C=O)CCC(=O)O)c5c4Br)nc(N4CC[N+](CCCO)(CCCS(=O)(=O)[O-])CC4)n3)c(Br)c12. The quantitative estimate of drug-likeness (QED) is 0.0103. The fraction of sp³-hybridized carbons (Fsp3) is 0.465. The van der Waals surface area contributed by atoms with Crippen molar-refractivity contribution in [3.8, 4) is 35.0 Å². The lowest BCUT2D eigenvalue weighted by Crippen LogP contribution is -2.61. The lowest BCUT2D eigenvalue weighted by atomic mass is 10.2. The van der Waals surface area contributed by atoms with Crippen LogP contribution in [0.2, 0.25) is 0 Å². The highest BCUT2D eigenvalue weighted by Gasteiger charge is 2.34. The number of rotatable bonds is 32. The molecule has 398 valence electrons. The standard InChI is InChI=1S/C43H51Br4N9O16S/c44-27-19-29-35(31(21-48-29)71-53-25(23-58)3-5-33(60)61)37(46)39(27)67-14-16-69-42-50-41(55-7-11-56(12-8-55,9-1-13-57)10-2-18-73(64,65)66)51-43(52-42)70-17-15-68-40-28(45)20-30-36(38(40)47)32(22-49-30)72-54-26(24-59)4-6-34(62)63/h19-26,48-49,53-54,57H,1-18H2,(H2-,60,61,62,63,64,65,66)/t25-,26-/m0/s1. The Morgan fingerprint density at radius 1 is 0.753 bits per heavy atom. The Balaban J connectivity index is 1.15. The highest BCUT2D eigenvalue weighted by molar-refractivity contribution is 9.11. The number of hydroxylamine groups is 2. The van der Waals surface area contributed by atoms with Crippen LogP contribution in [0.5, 0.6) is 35.0 Å². The number of nitrogens with zero attached hydrogens (tertiary/aromatic N) is 5. The summed E-state index contributed by atoms with van der Waals surface area (Å²) in [5, 5.41) is 28.8. The fourth-order valence-electron chi connectivity index (χ4n) is 7.70. The third-order valence-electron chi connectivity index (χ3n) is 11.4. The van der Waals surface area contributed by atoms with Gasteiger partial charge in [0.25, 0.3) is 0 Å². The number of fused-ring (bicyclic) bond motifs is 2. The number of aldehydes is 2. The summed E-state index contributed by atoms with van der Waals surface area (Å²) in [5.74, 6) is -0.962. The first-order valence-electron chi connectivity index (χ1n) is 22.5. The van der Waals surface area contributed by atoms with Crippen molar-refractivity contribution >= 4 is 126 Å². The summed E-state index contributed by atoms with van der Waals surface area (Å²) in [7, 11) is -4.40. The van der Waals surface area contributed by atoms with E-state index in [2.05, 4.69) is 99.6 Å². The number of aliphatic hydroxyl groups excluding tert-OH is 1. The maximum Gasteiger partial charge on any atom is 0.324 e. The van der Waals surface area contributed by atoms with Gasteiger partial charge >= 0.3 is 24.0 Å². The van der Waals surface area contributed by atoms with Crippen LogP contribution in [0, 0.1) is 0 Å². The van der Waals surface area contributed by atoms with Gasteiger partial charge in [-0.05, 0) is 88.7 Å². The Bertz CT molecular complexity index is 2680. The van der Waals surface area contributed by atoms with Gasteiger partial charge in [-0.15, -0.1) is 15.9 Å². The summed E-state index contributed by atoms with van der Waals surface area (Å²) in [5.41, 5.74) is 6.50. The van der Waals surface area contributed by atoms with E-state index in [4.69, 9.17) is 38.8 Å². The van der Waals surface area contributed by atoms with Crippen LogP contribution in [0.15, 0.2) is 42.4 Å². The van der Waals surface area contributed by atoms with Crippen LogP contribution >= 0.6 is 63.7 Å². The average Bonchev–Trinajstić information content (AvgIpc) is 3.96. The molecule has 6 rings (SSSR count). The van der Waals surface area contributed by atoms with Crippen molar-refractivity contribution in [1.29, 1.82) is 0 Å². The third-order valence-corrected chi connectivity index (χ3v) is 14.8. The van der Waals surface area contributed by atoms with Gasteiger partial charge in [0.1, 0.15) is 50.5 Å². The molecule has 73 heavy (non-hydrogen) atoms. The number of quaternary nitrogens is 1. The van der Waals surface area contributed by atoms with Gasteiger partial charge in [-0.1, -0.05) is 0 Å². The van der Waals surface area contributed by atoms with Gasteiger partial charge < -0.3 is 77.4 Å². The number of hydrogen-bond acceptors (Lipinski definition) is 20. The van der Waals surface area contributed by atoms with E-state index in [9.17, 15) is 37.3 Å². The molecule has 0 radical (unpaired) electrons. The second kappa shape index (κ2) is 27.0. The smallest absolute Gasteiger partial charge is 0.324 e. The lowest BCUT2D eigenvalue weighted by Gasteiger charge is -2.45. The summed E-state index contributed by atoms with van der Waals surface area (Å²) in [6, 6.07) is 1.60. The molecule has 0 saturated carbocycles. The van der Waals surface area contributed by atoms with E-state index in [1.54, 1.807) is 24.5 Å². The number of ether oxygens (including phenoxy) is 4. The summed E-state index contributed by atoms with van der Waals surface area (Å²) < 4.78 is 61.2. The normalized spacial score (nSPS) is 14.4. The van der Waals surface area contributed by atoms with E-state index < -0.39 is 39.9 Å². The molecule has 5 aromatic rings. The second-order valence-electron chi connectivity index (χ2n) is 16.5. The molecule has 1 saturated heterocycles. The zero-order valence-corrected chi connectivity index (χ0v) is 45.8. The molecule has 1 aliphatic heterocycles. The molecular formula is C43H51Br4N9O16S. The summed E-state index contributed by atoms with van der Waals surface area (Å²) in [6.45, 7) is 2.77. The highest BCUT2D eigenvalue weighted by atomic mass is 79.9. The van der Waals surface area contributed by atoms with Crippen molar-refractivity contribution in [3.05, 3.63) is 42.4 Å². The van der Waals surface area contributed by atoms with Gasteiger partial charge in [-0.25, -0.2) is 8.42 Å². The number of aromatic nitrogens is 5. The Kier molecular flexibility index (Phi) is 21.2. The van der Waals surface area contributed by atoms with E-state index >= 15 is 0 Å². The van der Waals surface area contributed by atoms with Gasteiger partial charge in [-0.2, -0.15) is 9.97 Å². The molecule has 3 aromatic heterocycles. The monoisotopic (exact) mass is 1300 g/mol. The van der Waals surface area contributed by atoms with Gasteiger partial charge in [0.2, 0.25) is 5.95 Å². The molecule has 2 atom stereocenters. The Morgan fingerprint density at radius 3 is 1.63 bits per heavy atom. The summed E-state index contributed by atoms with van der Waals surface area (Å²) in [6.07, 6.45) is 4.49. The minimum atomic E-state index is -4.40. The van der Waals surface area contributed by atoms with E-state index in [0.717, 1.165) is 0 Å². The predicted molar refractivity (Wildman–Crippen MR) is 273 cm³/mol. The molecule has 7 N–H and O–H groups in total. The number of carboxylic acid groups (broad SMARTS) is 2. The first kappa shape index (κ1) is 57.4. The molecule has 2 aromatic carbocycles. The number of H-pyrrole nitrogens is 2. The number of aromatic amines is 2. The molecule has 1 aliphatic rings. The number of anilines is 1. The number of nitrogens with one attached hydrogen (secondary N) is 4. The van der Waals surface area contributed by atoms with Crippen LogP contribution in [-0.4, -0.2) is 172 Å². The van der Waals surface area contributed by atoms with Gasteiger partial charge in [0.15, 0.2) is 11.5 Å². The Labute approximate surface area is 450 Å². The number of carbonyl (C=O) groups excluding carboxylic acids is 2. The first-order valence-corrected chi connectivity index (χ1v) is 27.3. The van der Waals surface area contributed by atoms with Crippen molar-refractivity contribution in [2.45, 2.75) is 50.6 Å². The number of carboxylic acids is 2. The first-order chi connectivity index (χ1) is 34.9. The van der Waals surface area contributed by atoms with Crippen molar-refractivity contribution in [3.63, 3.8) is 0 Å². The number of benzene rings is 2. The van der Waals surface area contributed by atoms with Crippen LogP contribution in [0.4, 0.5) is 5.95 Å². The Hall–Kier alpha value is -4.92. The molecule has 4 heterocycles. The molecular weight excluding hydrogens is 1250 g/mol. The van der Waals surface area contributed by atoms with Crippen molar-refractivity contribution in [1.82, 2.24) is 35.9 Å². The minimum Gasteiger partial charge on any atom is -0.748 e. The van der Waals surface area contributed by atoms with Crippen LogP contribution in [-0.2, 0) is 29.3 Å². The molecule has 0 amide bonds. The number of hydrogen-bond donors (Lipinski definition) is 7. The van der Waals surface area contributed by atoms with E-state index in [1.807, 2.05) is 4.90 Å². The van der Waals surface area contributed by atoms with Gasteiger partial charge in [0.05, 0.1) is 101 Å². The molecule has 0 unspecified atom stereocenters. The Morgan fingerprint density at radius 2 is 1.21 bits per heavy atom. The second-order valence-corrected chi connectivity index (χ2v) is 21.3. The largest absolute Gasteiger partial charge is 0.748 e. The number of halogens is 4. The van der Waals surface area contributed by atoms with Crippen LogP contribution < -0.4 is 44.5 Å². The minimum absolute atomic E-state index is 0.0108. The molecule has 25 nitrogen and oxygen atoms in total. The van der Waals surface area contributed by atoms with E-state index in [-0.39, 0.29) is 83.1 Å². The van der Waals surface area contributed by atoms with Crippen LogP contribution in [0.25, 0.3) is 21.8 Å². The summed E-state index contributed by atoms with van der Waals surface area (Å²) in [4.78, 5) is 78.2. The van der Waals surface area contributed by atoms with Gasteiger partial charge in [0, 0.05) is 50.4 Å². The average molecular weight is 1300 g/mol. The topological polar surface area (TPSA) is 339 Å². The number of aliphatic carboxylic acids is 2. The maximum absolute atomic E-state index is 11.5. The van der Waals surface area contributed by atoms with Crippen molar-refractivity contribution in [2.24, 2.45) is 0 Å². The predicted octanol–water partition coefficient (Wildman–Crippen LogP) is 4.39. The van der Waals surface area contributed by atoms with Crippen LogP contribution in [0.3, 0.4) is 0 Å². The molecule has 0 spiro atoms. The number of aliphatic hydroxyl groups is 1. The number of piperazine rings is 1. The summed E-state index contributed by atoms with van der Waals surface area (Å²) >= 11 is 14.3. The highest BCUT2D eigenvalue weighted by Crippen LogP contribution is 2.44. The molecule has 0 aliphatic carbocycles. The third kappa shape index (κ3) is 16.3. The van der Waals surface area contributed by atoms with E-state index in [0.29, 0.717) is 125 Å². The lowest BCUT2D eigenvalue weighted by molar-refractivity contribution is -0.928. The van der Waals surface area contributed by atoms with Crippen LogP contribution in [0.1, 0.15) is 38.5 Å². The molecule has 0 bridgehead atoms. The maximum atomic E-state index is 11.5. The fourth-order valence-corrected chi connectivity index (χ4v) is 11.3. The zero-order chi connectivity index (χ0) is 52.7. The van der Waals surface area contributed by atoms with Crippen molar-refractivity contribution < 1.29 is 80.6 Å².